The van der Waals surface area contributed by atoms with Gasteiger partial charge in [0.15, 0.2) is 5.82 Å². The summed E-state index contributed by atoms with van der Waals surface area (Å²) in [5, 5.41) is 6.53. The van der Waals surface area contributed by atoms with Gasteiger partial charge in [-0.15, -0.1) is 5.10 Å². The molecular weight excluding hydrogens is 204 g/mol. The van der Waals surface area contributed by atoms with Gasteiger partial charge in [-0.3, -0.25) is 5.10 Å². The van der Waals surface area contributed by atoms with Crippen molar-refractivity contribution in [3.05, 3.63) is 24.3 Å². The number of H-pyrrole nitrogens is 1. The van der Waals surface area contributed by atoms with E-state index in [1.807, 2.05) is 38.1 Å². The standard InChI is InChI=1S/C11H14N4O/c1-7(2)16-9-5-3-8(4-6-9)10-13-11(12)15-14-10/h3-7H,1-2H3,(H3,12,13,14,15). The number of hydrogen-bond donors (Lipinski definition) is 2. The molecule has 3 N–H and O–H groups in total. The van der Waals surface area contributed by atoms with Gasteiger partial charge in [0.25, 0.3) is 0 Å². The van der Waals surface area contributed by atoms with Crippen LogP contribution in [0.4, 0.5) is 5.95 Å². The Balaban J connectivity index is 2.19. The van der Waals surface area contributed by atoms with Crippen molar-refractivity contribution >= 4 is 5.95 Å². The van der Waals surface area contributed by atoms with E-state index < -0.39 is 0 Å². The average molecular weight is 218 g/mol. The number of aromatic nitrogens is 3. The quantitative estimate of drug-likeness (QED) is 0.824. The van der Waals surface area contributed by atoms with E-state index in [4.69, 9.17) is 10.5 Å². The maximum absolute atomic E-state index is 5.54. The van der Waals surface area contributed by atoms with Crippen molar-refractivity contribution in [3.63, 3.8) is 0 Å². The molecule has 2 rings (SSSR count). The van der Waals surface area contributed by atoms with E-state index in [0.29, 0.717) is 5.82 Å². The van der Waals surface area contributed by atoms with Gasteiger partial charge in [0, 0.05) is 5.56 Å². The fourth-order valence-corrected chi connectivity index (χ4v) is 1.37. The zero-order valence-electron chi connectivity index (χ0n) is 9.27. The topological polar surface area (TPSA) is 76.8 Å². The van der Waals surface area contributed by atoms with Crippen LogP contribution in [0.1, 0.15) is 13.8 Å². The summed E-state index contributed by atoms with van der Waals surface area (Å²) in [6, 6.07) is 7.62. The summed E-state index contributed by atoms with van der Waals surface area (Å²) in [6.07, 6.45) is 0.173. The van der Waals surface area contributed by atoms with Crippen LogP contribution in [0.15, 0.2) is 24.3 Å². The Labute approximate surface area is 93.7 Å². The third kappa shape index (κ3) is 2.31. The molecule has 0 radical (unpaired) electrons. The number of nitrogens with two attached hydrogens (primary N) is 1. The van der Waals surface area contributed by atoms with E-state index in [9.17, 15) is 0 Å². The number of ether oxygens (including phenoxy) is 1. The third-order valence-electron chi connectivity index (χ3n) is 2.00. The minimum atomic E-state index is 0.173. The van der Waals surface area contributed by atoms with Gasteiger partial charge < -0.3 is 10.5 Å². The summed E-state index contributed by atoms with van der Waals surface area (Å²) in [5.41, 5.74) is 6.36. The molecule has 84 valence electrons. The van der Waals surface area contributed by atoms with Crippen molar-refractivity contribution in [1.82, 2.24) is 15.2 Å². The van der Waals surface area contributed by atoms with Gasteiger partial charge in [0.1, 0.15) is 5.75 Å². The molecule has 0 saturated heterocycles. The average Bonchev–Trinajstić information content (AvgIpc) is 2.65. The molecule has 1 heterocycles. The fourth-order valence-electron chi connectivity index (χ4n) is 1.37. The Hall–Kier alpha value is -2.04. The van der Waals surface area contributed by atoms with Crippen LogP contribution in [0, 0.1) is 0 Å². The fraction of sp³-hybridized carbons (Fsp3) is 0.273. The Morgan fingerprint density at radius 2 is 1.94 bits per heavy atom. The smallest absolute Gasteiger partial charge is 0.239 e. The molecule has 0 bridgehead atoms. The summed E-state index contributed by atoms with van der Waals surface area (Å²) >= 11 is 0. The van der Waals surface area contributed by atoms with Crippen LogP contribution in [-0.4, -0.2) is 21.3 Å². The molecule has 2 aromatic rings. The van der Waals surface area contributed by atoms with E-state index in [-0.39, 0.29) is 12.1 Å². The predicted molar refractivity (Wildman–Crippen MR) is 62.0 cm³/mol. The predicted octanol–water partition coefficient (Wildman–Crippen LogP) is 1.84. The second-order valence-electron chi connectivity index (χ2n) is 3.73. The lowest BCUT2D eigenvalue weighted by Gasteiger charge is -2.09. The molecular formula is C11H14N4O. The molecule has 16 heavy (non-hydrogen) atoms. The molecule has 1 aromatic heterocycles. The number of hydrogen-bond acceptors (Lipinski definition) is 4. The molecule has 0 unspecified atom stereocenters. The first-order chi connectivity index (χ1) is 7.65. The number of benzene rings is 1. The van der Waals surface area contributed by atoms with Crippen LogP contribution < -0.4 is 10.5 Å². The van der Waals surface area contributed by atoms with Crippen LogP contribution in [0.25, 0.3) is 11.4 Å². The minimum Gasteiger partial charge on any atom is -0.491 e. The lowest BCUT2D eigenvalue weighted by Crippen LogP contribution is -2.05. The number of nitrogen functional groups attached to an aromatic ring is 1. The van der Waals surface area contributed by atoms with Gasteiger partial charge in [-0.05, 0) is 38.1 Å². The molecule has 1 aromatic carbocycles. The maximum atomic E-state index is 5.54. The highest BCUT2D eigenvalue weighted by molar-refractivity contribution is 5.56. The van der Waals surface area contributed by atoms with Gasteiger partial charge in [-0.2, -0.15) is 4.98 Å². The molecule has 5 nitrogen and oxygen atoms in total. The van der Waals surface area contributed by atoms with Crippen LogP contribution >= 0.6 is 0 Å². The highest BCUT2D eigenvalue weighted by Crippen LogP contribution is 2.20. The number of nitrogens with zero attached hydrogens (tertiary/aromatic N) is 2. The summed E-state index contributed by atoms with van der Waals surface area (Å²) in [5.74, 6) is 1.75. The van der Waals surface area contributed by atoms with Gasteiger partial charge >= 0.3 is 0 Å². The van der Waals surface area contributed by atoms with E-state index >= 15 is 0 Å². The lowest BCUT2D eigenvalue weighted by molar-refractivity contribution is 0.242. The largest absolute Gasteiger partial charge is 0.491 e. The first kappa shape index (κ1) is 10.5. The van der Waals surface area contributed by atoms with Crippen molar-refractivity contribution in [2.24, 2.45) is 0 Å². The molecule has 0 aliphatic heterocycles. The second-order valence-corrected chi connectivity index (χ2v) is 3.73. The Kier molecular flexibility index (Phi) is 2.76. The van der Waals surface area contributed by atoms with Gasteiger partial charge in [-0.1, -0.05) is 0 Å². The van der Waals surface area contributed by atoms with Gasteiger partial charge in [-0.25, -0.2) is 0 Å². The van der Waals surface area contributed by atoms with Crippen molar-refractivity contribution in [2.75, 3.05) is 5.73 Å². The van der Waals surface area contributed by atoms with Crippen LogP contribution in [0.3, 0.4) is 0 Å². The maximum Gasteiger partial charge on any atom is 0.239 e. The number of rotatable bonds is 3. The normalized spacial score (nSPS) is 10.7. The van der Waals surface area contributed by atoms with Crippen molar-refractivity contribution < 1.29 is 4.74 Å². The second kappa shape index (κ2) is 4.22. The first-order valence-electron chi connectivity index (χ1n) is 5.10. The zero-order valence-corrected chi connectivity index (χ0v) is 9.27. The molecule has 0 spiro atoms. The zero-order chi connectivity index (χ0) is 11.5. The van der Waals surface area contributed by atoms with Crippen LogP contribution in [-0.2, 0) is 0 Å². The molecule has 0 amide bonds. The SMILES string of the molecule is CC(C)Oc1ccc(-c2nc(N)n[nH]2)cc1. The molecule has 0 atom stereocenters. The molecule has 5 heteroatoms. The summed E-state index contributed by atoms with van der Waals surface area (Å²) < 4.78 is 5.54. The van der Waals surface area contributed by atoms with E-state index in [1.54, 1.807) is 0 Å². The lowest BCUT2D eigenvalue weighted by atomic mass is 10.2. The highest BCUT2D eigenvalue weighted by atomic mass is 16.5. The van der Waals surface area contributed by atoms with E-state index in [2.05, 4.69) is 15.2 Å². The third-order valence-corrected chi connectivity index (χ3v) is 2.00. The summed E-state index contributed by atoms with van der Waals surface area (Å²) in [7, 11) is 0. The Bertz CT molecular complexity index is 461. The Morgan fingerprint density at radius 3 is 2.44 bits per heavy atom. The molecule has 0 fully saturated rings. The van der Waals surface area contributed by atoms with Gasteiger partial charge in [0.05, 0.1) is 6.10 Å². The van der Waals surface area contributed by atoms with Crippen LogP contribution in [0.2, 0.25) is 0 Å². The monoisotopic (exact) mass is 218 g/mol. The van der Waals surface area contributed by atoms with Crippen molar-refractivity contribution in [3.8, 4) is 17.1 Å². The molecule has 0 saturated carbocycles. The Morgan fingerprint density at radius 1 is 1.25 bits per heavy atom. The van der Waals surface area contributed by atoms with Crippen molar-refractivity contribution in [1.29, 1.82) is 0 Å². The van der Waals surface area contributed by atoms with Crippen LogP contribution in [0.5, 0.6) is 5.75 Å². The summed E-state index contributed by atoms with van der Waals surface area (Å²) in [4.78, 5) is 4.04. The minimum absolute atomic E-state index is 0.173. The van der Waals surface area contributed by atoms with E-state index in [1.165, 1.54) is 0 Å². The molecule has 0 aliphatic carbocycles. The van der Waals surface area contributed by atoms with E-state index in [0.717, 1.165) is 11.3 Å². The number of anilines is 1. The number of nitrogens with one attached hydrogen (secondary N) is 1. The molecule has 0 aliphatic rings. The number of aromatic amines is 1. The van der Waals surface area contributed by atoms with Crippen molar-refractivity contribution in [2.45, 2.75) is 20.0 Å². The first-order valence-corrected chi connectivity index (χ1v) is 5.10. The summed E-state index contributed by atoms with van der Waals surface area (Å²) in [6.45, 7) is 3.98. The highest BCUT2D eigenvalue weighted by Gasteiger charge is 2.03. The van der Waals surface area contributed by atoms with Gasteiger partial charge in [0.2, 0.25) is 5.95 Å².